The standard InChI is InChI=1S/C18H28N2OS2.ClH/c1-14-5-7-15(8-6-14)23-18(10-3-4-11-18)13-20-17(21)16(19)9-12-22-2;/h5-8,16H,3-4,9-13,19H2,1-2H3,(H,20,21);1H/t16-;/m0./s1. The zero-order valence-electron chi connectivity index (χ0n) is 14.5. The molecule has 1 aliphatic rings. The van der Waals surface area contributed by atoms with Crippen LogP contribution in [0.25, 0.3) is 0 Å². The Hall–Kier alpha value is -0.360. The van der Waals surface area contributed by atoms with Crippen molar-refractivity contribution in [1.82, 2.24) is 5.32 Å². The van der Waals surface area contributed by atoms with Gasteiger partial charge in [-0.2, -0.15) is 11.8 Å². The molecule has 1 atom stereocenters. The Labute approximate surface area is 160 Å². The summed E-state index contributed by atoms with van der Waals surface area (Å²) in [5.41, 5.74) is 7.25. The molecule has 0 heterocycles. The van der Waals surface area contributed by atoms with Crippen LogP contribution in [0, 0.1) is 6.92 Å². The van der Waals surface area contributed by atoms with Crippen LogP contribution in [0.3, 0.4) is 0 Å². The first-order valence-corrected chi connectivity index (χ1v) is 10.5. The third-order valence-electron chi connectivity index (χ3n) is 4.42. The van der Waals surface area contributed by atoms with Crippen molar-refractivity contribution in [3.05, 3.63) is 29.8 Å². The maximum Gasteiger partial charge on any atom is 0.236 e. The van der Waals surface area contributed by atoms with Crippen molar-refractivity contribution in [3.63, 3.8) is 0 Å². The minimum atomic E-state index is -0.384. The minimum absolute atomic E-state index is 0. The van der Waals surface area contributed by atoms with Crippen molar-refractivity contribution in [2.24, 2.45) is 5.73 Å². The molecule has 3 N–H and O–H groups in total. The Kier molecular flexibility index (Phi) is 9.57. The van der Waals surface area contributed by atoms with Crippen LogP contribution in [0.5, 0.6) is 0 Å². The Morgan fingerprint density at radius 2 is 1.92 bits per heavy atom. The summed E-state index contributed by atoms with van der Waals surface area (Å²) in [7, 11) is 0. The summed E-state index contributed by atoms with van der Waals surface area (Å²) < 4.78 is 0.129. The number of carbonyl (C=O) groups is 1. The fourth-order valence-electron chi connectivity index (χ4n) is 2.95. The Morgan fingerprint density at radius 3 is 2.50 bits per heavy atom. The molecule has 0 spiro atoms. The van der Waals surface area contributed by atoms with Crippen LogP contribution in [0.2, 0.25) is 0 Å². The van der Waals surface area contributed by atoms with Crippen LogP contribution in [0.4, 0.5) is 0 Å². The van der Waals surface area contributed by atoms with Crippen LogP contribution in [-0.2, 0) is 4.79 Å². The predicted octanol–water partition coefficient (Wildman–Crippen LogP) is 4.02. The number of nitrogens with one attached hydrogen (secondary N) is 1. The minimum Gasteiger partial charge on any atom is -0.353 e. The lowest BCUT2D eigenvalue weighted by atomic mass is 10.1. The van der Waals surface area contributed by atoms with E-state index in [2.05, 4.69) is 36.5 Å². The van der Waals surface area contributed by atoms with Gasteiger partial charge in [0.2, 0.25) is 5.91 Å². The molecule has 0 saturated heterocycles. The molecule has 3 nitrogen and oxygen atoms in total. The average Bonchev–Trinajstić information content (AvgIpc) is 3.01. The number of hydrogen-bond acceptors (Lipinski definition) is 4. The molecule has 0 aromatic heterocycles. The molecule has 2 rings (SSSR count). The summed E-state index contributed by atoms with van der Waals surface area (Å²) in [4.78, 5) is 13.5. The van der Waals surface area contributed by atoms with Gasteiger partial charge in [-0.1, -0.05) is 30.5 Å². The van der Waals surface area contributed by atoms with Gasteiger partial charge >= 0.3 is 0 Å². The summed E-state index contributed by atoms with van der Waals surface area (Å²) in [6, 6.07) is 8.30. The quantitative estimate of drug-likeness (QED) is 0.706. The molecule has 1 fully saturated rings. The van der Waals surface area contributed by atoms with Gasteiger partial charge in [-0.3, -0.25) is 4.79 Å². The summed E-state index contributed by atoms with van der Waals surface area (Å²) >= 11 is 3.65. The van der Waals surface area contributed by atoms with Crippen molar-refractivity contribution in [2.45, 2.75) is 54.7 Å². The lowest BCUT2D eigenvalue weighted by Crippen LogP contribution is -2.46. The monoisotopic (exact) mass is 388 g/mol. The van der Waals surface area contributed by atoms with Crippen LogP contribution in [-0.4, -0.2) is 35.2 Å². The largest absolute Gasteiger partial charge is 0.353 e. The Morgan fingerprint density at radius 1 is 1.29 bits per heavy atom. The van der Waals surface area contributed by atoms with Crippen molar-refractivity contribution in [1.29, 1.82) is 0 Å². The second-order valence-corrected chi connectivity index (χ2v) is 8.94. The molecule has 6 heteroatoms. The lowest BCUT2D eigenvalue weighted by molar-refractivity contribution is -0.122. The number of hydrogen-bond donors (Lipinski definition) is 2. The topological polar surface area (TPSA) is 55.1 Å². The van der Waals surface area contributed by atoms with Gasteiger partial charge < -0.3 is 11.1 Å². The number of halogens is 1. The first-order valence-electron chi connectivity index (χ1n) is 8.33. The summed E-state index contributed by atoms with van der Waals surface area (Å²) in [6.07, 6.45) is 7.58. The highest BCUT2D eigenvalue weighted by Crippen LogP contribution is 2.44. The van der Waals surface area contributed by atoms with Gasteiger partial charge in [0.15, 0.2) is 0 Å². The van der Waals surface area contributed by atoms with Crippen LogP contribution in [0.15, 0.2) is 29.2 Å². The number of carbonyl (C=O) groups excluding carboxylic acids is 1. The van der Waals surface area contributed by atoms with E-state index in [0.29, 0.717) is 0 Å². The van der Waals surface area contributed by atoms with Crippen molar-refractivity contribution in [3.8, 4) is 0 Å². The number of rotatable bonds is 8. The molecule has 0 aliphatic heterocycles. The molecule has 0 bridgehead atoms. The molecule has 136 valence electrons. The van der Waals surface area contributed by atoms with Gasteiger partial charge in [0.1, 0.15) is 0 Å². The van der Waals surface area contributed by atoms with Crippen molar-refractivity contribution < 1.29 is 4.79 Å². The average molecular weight is 389 g/mol. The van der Waals surface area contributed by atoms with Crippen molar-refractivity contribution >= 4 is 41.8 Å². The van der Waals surface area contributed by atoms with Crippen LogP contribution in [0.1, 0.15) is 37.7 Å². The van der Waals surface area contributed by atoms with E-state index in [1.54, 1.807) is 11.8 Å². The molecule has 1 aromatic rings. The first kappa shape index (κ1) is 21.7. The molecule has 1 aliphatic carbocycles. The number of benzene rings is 1. The normalized spacial score (nSPS) is 17.1. The predicted molar refractivity (Wildman–Crippen MR) is 109 cm³/mol. The zero-order valence-corrected chi connectivity index (χ0v) is 17.0. The molecule has 0 radical (unpaired) electrons. The molecule has 1 saturated carbocycles. The second kappa shape index (κ2) is 10.6. The number of nitrogens with two attached hydrogens (primary N) is 1. The molecule has 0 unspecified atom stereocenters. The van der Waals surface area contributed by atoms with E-state index < -0.39 is 0 Å². The molecule has 1 aromatic carbocycles. The van der Waals surface area contributed by atoms with Gasteiger partial charge in [0.25, 0.3) is 0 Å². The third kappa shape index (κ3) is 6.51. The van der Waals surface area contributed by atoms with Crippen molar-refractivity contribution in [2.75, 3.05) is 18.6 Å². The highest BCUT2D eigenvalue weighted by Gasteiger charge is 2.35. The maximum absolute atomic E-state index is 12.2. The third-order valence-corrected chi connectivity index (χ3v) is 6.56. The lowest BCUT2D eigenvalue weighted by Gasteiger charge is -2.29. The van der Waals surface area contributed by atoms with E-state index in [9.17, 15) is 4.79 Å². The molecule has 24 heavy (non-hydrogen) atoms. The maximum atomic E-state index is 12.2. The zero-order chi connectivity index (χ0) is 16.7. The second-order valence-electron chi connectivity index (χ2n) is 6.41. The SMILES string of the molecule is CSCC[C@H](N)C(=O)NCC1(Sc2ccc(C)cc2)CCCC1.Cl. The summed E-state index contributed by atoms with van der Waals surface area (Å²) in [5.74, 6) is 0.924. The van der Waals surface area contributed by atoms with Crippen LogP contribution >= 0.6 is 35.9 Å². The first-order chi connectivity index (χ1) is 11.0. The van der Waals surface area contributed by atoms with E-state index in [1.165, 1.54) is 23.3 Å². The fourth-order valence-corrected chi connectivity index (χ4v) is 4.84. The Bertz CT molecular complexity index is 504. The van der Waals surface area contributed by atoms with E-state index >= 15 is 0 Å². The molecular weight excluding hydrogens is 360 g/mol. The van der Waals surface area contributed by atoms with Gasteiger partial charge in [0.05, 0.1) is 6.04 Å². The number of amides is 1. The summed E-state index contributed by atoms with van der Waals surface area (Å²) in [6.45, 7) is 2.83. The van der Waals surface area contributed by atoms with E-state index in [4.69, 9.17) is 5.73 Å². The van der Waals surface area contributed by atoms with E-state index in [0.717, 1.165) is 31.6 Å². The van der Waals surface area contributed by atoms with Gasteiger partial charge in [0, 0.05) is 16.2 Å². The molecule has 1 amide bonds. The number of thioether (sulfide) groups is 2. The number of aryl methyl sites for hydroxylation is 1. The molecular formula is C18H29ClN2OS2. The van der Waals surface area contributed by atoms with E-state index in [1.807, 2.05) is 18.0 Å². The summed E-state index contributed by atoms with van der Waals surface area (Å²) in [5, 5.41) is 3.11. The van der Waals surface area contributed by atoms with Gasteiger partial charge in [-0.05, 0) is 50.3 Å². The van der Waals surface area contributed by atoms with Gasteiger partial charge in [-0.15, -0.1) is 24.2 Å². The highest BCUT2D eigenvalue weighted by molar-refractivity contribution is 8.00. The fraction of sp³-hybridized carbons (Fsp3) is 0.611. The smallest absolute Gasteiger partial charge is 0.236 e. The van der Waals surface area contributed by atoms with E-state index in [-0.39, 0.29) is 29.1 Å². The highest BCUT2D eigenvalue weighted by atomic mass is 35.5. The van der Waals surface area contributed by atoms with Crippen LogP contribution < -0.4 is 11.1 Å². The van der Waals surface area contributed by atoms with Gasteiger partial charge in [-0.25, -0.2) is 0 Å². The Balaban J connectivity index is 0.00000288.